The molecule has 0 aromatic heterocycles. The van der Waals surface area contributed by atoms with Crippen molar-refractivity contribution < 1.29 is 0 Å². The van der Waals surface area contributed by atoms with Crippen molar-refractivity contribution in [2.45, 2.75) is 6.42 Å². The molecule has 2 heteroatoms. The Kier molecular flexibility index (Phi) is 1.93. The highest BCUT2D eigenvalue weighted by atomic mass is 32.2. The average molecular weight is 142 g/mol. The van der Waals surface area contributed by atoms with E-state index in [1.165, 1.54) is 0 Å². The normalized spacial score (nSPS) is 27.9. The summed E-state index contributed by atoms with van der Waals surface area (Å²) >= 11 is 6.65. The Hall–Kier alpha value is -0.0000000000000000278. The summed E-state index contributed by atoms with van der Waals surface area (Å²) < 4.78 is 1.08. The minimum Gasteiger partial charge on any atom is -0.120 e. The van der Waals surface area contributed by atoms with E-state index in [9.17, 15) is 0 Å². The summed E-state index contributed by atoms with van der Waals surface area (Å²) in [6.45, 7) is 0. The van der Waals surface area contributed by atoms with Crippen LogP contribution in [0, 0.1) is 18.3 Å². The van der Waals surface area contributed by atoms with Gasteiger partial charge in [-0.2, -0.15) is 0 Å². The van der Waals surface area contributed by atoms with Crippen molar-refractivity contribution in [3.05, 3.63) is 0 Å². The van der Waals surface area contributed by atoms with Crippen molar-refractivity contribution in [1.82, 2.24) is 0 Å². The zero-order chi connectivity index (χ0) is 5.98. The first-order valence-corrected chi connectivity index (χ1v) is 3.84. The van der Waals surface area contributed by atoms with Crippen LogP contribution in [-0.2, 0) is 0 Å². The fourth-order valence-corrected chi connectivity index (χ4v) is 1.95. The molecule has 1 aliphatic rings. The molecule has 1 aliphatic heterocycles. The molecule has 0 saturated carbocycles. The zero-order valence-corrected chi connectivity index (χ0v) is 6.02. The summed E-state index contributed by atoms with van der Waals surface area (Å²) in [5, 5.41) is 0. The van der Waals surface area contributed by atoms with Crippen LogP contribution in [0.2, 0.25) is 0 Å². The monoisotopic (exact) mass is 142 g/mol. The van der Waals surface area contributed by atoms with Gasteiger partial charge >= 0.3 is 0 Å². The maximum atomic E-state index is 5.17. The Morgan fingerprint density at radius 1 is 1.88 bits per heavy atom. The summed E-state index contributed by atoms with van der Waals surface area (Å²) in [6.07, 6.45) is 6.13. The molecule has 1 atom stereocenters. The first kappa shape index (κ1) is 6.12. The smallest absolute Gasteiger partial charge is 0.0491 e. The standard InChI is InChI=1S/C6H6S2/c1-2-5-3-6(7)8-4-5/h1,5H,3-4H2. The predicted molar refractivity (Wildman–Crippen MR) is 42.0 cm³/mol. The molecule has 0 aromatic rings. The van der Waals surface area contributed by atoms with E-state index in [-0.39, 0.29) is 0 Å². The number of hydrogen-bond acceptors (Lipinski definition) is 2. The van der Waals surface area contributed by atoms with Gasteiger partial charge in [-0.05, 0) is 0 Å². The lowest BCUT2D eigenvalue weighted by Crippen LogP contribution is -1.91. The van der Waals surface area contributed by atoms with Crippen LogP contribution in [0.3, 0.4) is 0 Å². The molecule has 0 radical (unpaired) electrons. The van der Waals surface area contributed by atoms with Crippen molar-refractivity contribution in [3.63, 3.8) is 0 Å². The fraction of sp³-hybridized carbons (Fsp3) is 0.500. The maximum absolute atomic E-state index is 5.17. The van der Waals surface area contributed by atoms with E-state index in [0.29, 0.717) is 5.92 Å². The van der Waals surface area contributed by atoms with Gasteiger partial charge in [-0.25, -0.2) is 0 Å². The Morgan fingerprint density at radius 2 is 2.62 bits per heavy atom. The van der Waals surface area contributed by atoms with Gasteiger partial charge in [-0.15, -0.1) is 24.1 Å². The minimum absolute atomic E-state index is 0.424. The maximum Gasteiger partial charge on any atom is 0.0491 e. The average Bonchev–Trinajstić information content (AvgIpc) is 2.14. The summed E-state index contributed by atoms with van der Waals surface area (Å²) in [5.41, 5.74) is 0. The molecule has 0 aromatic carbocycles. The second-order valence-corrected chi connectivity index (χ2v) is 3.62. The van der Waals surface area contributed by atoms with Crippen molar-refractivity contribution in [3.8, 4) is 12.3 Å². The highest BCUT2D eigenvalue weighted by molar-refractivity contribution is 8.23. The van der Waals surface area contributed by atoms with E-state index in [1.54, 1.807) is 11.8 Å². The molecule has 0 nitrogen and oxygen atoms in total. The van der Waals surface area contributed by atoms with Crippen LogP contribution in [0.15, 0.2) is 0 Å². The van der Waals surface area contributed by atoms with Gasteiger partial charge in [0.25, 0.3) is 0 Å². The topological polar surface area (TPSA) is 0 Å². The van der Waals surface area contributed by atoms with Crippen molar-refractivity contribution >= 4 is 28.2 Å². The van der Waals surface area contributed by atoms with Crippen LogP contribution in [-0.4, -0.2) is 9.95 Å². The largest absolute Gasteiger partial charge is 0.120 e. The Balaban J connectivity index is 2.47. The molecule has 0 spiro atoms. The molecule has 8 heavy (non-hydrogen) atoms. The van der Waals surface area contributed by atoms with Crippen LogP contribution >= 0.6 is 24.0 Å². The molecular formula is C6H6S2. The van der Waals surface area contributed by atoms with Gasteiger partial charge in [-0.1, -0.05) is 12.2 Å². The van der Waals surface area contributed by atoms with Crippen molar-refractivity contribution in [2.24, 2.45) is 5.92 Å². The Bertz CT molecular complexity index is 143. The van der Waals surface area contributed by atoms with Crippen LogP contribution in [0.1, 0.15) is 6.42 Å². The molecule has 1 fully saturated rings. The van der Waals surface area contributed by atoms with E-state index in [1.807, 2.05) is 0 Å². The van der Waals surface area contributed by atoms with Crippen LogP contribution < -0.4 is 0 Å². The van der Waals surface area contributed by atoms with E-state index in [0.717, 1.165) is 16.4 Å². The van der Waals surface area contributed by atoms with Gasteiger partial charge in [0, 0.05) is 22.3 Å². The highest BCUT2D eigenvalue weighted by Gasteiger charge is 2.16. The molecule has 0 aliphatic carbocycles. The number of rotatable bonds is 0. The summed E-state index contributed by atoms with van der Waals surface area (Å²) in [6, 6.07) is 0. The van der Waals surface area contributed by atoms with Crippen molar-refractivity contribution in [1.29, 1.82) is 0 Å². The Morgan fingerprint density at radius 3 is 2.88 bits per heavy atom. The molecule has 0 amide bonds. The Labute approximate surface area is 59.0 Å². The van der Waals surface area contributed by atoms with Gasteiger partial charge in [0.1, 0.15) is 0 Å². The molecular weight excluding hydrogens is 136 g/mol. The second-order valence-electron chi connectivity index (χ2n) is 1.75. The number of hydrogen-bond donors (Lipinski definition) is 0. The van der Waals surface area contributed by atoms with Crippen LogP contribution in [0.4, 0.5) is 0 Å². The lowest BCUT2D eigenvalue weighted by atomic mass is 10.1. The third-order valence-corrected chi connectivity index (χ3v) is 2.67. The molecule has 1 saturated heterocycles. The summed E-state index contributed by atoms with van der Waals surface area (Å²) in [4.78, 5) is 0. The minimum atomic E-state index is 0.424. The summed E-state index contributed by atoms with van der Waals surface area (Å²) in [5.74, 6) is 4.15. The van der Waals surface area contributed by atoms with Gasteiger partial charge in [0.2, 0.25) is 0 Å². The third kappa shape index (κ3) is 1.24. The first-order valence-electron chi connectivity index (χ1n) is 2.44. The number of thioether (sulfide) groups is 1. The predicted octanol–water partition coefficient (Wildman–Crippen LogP) is 1.70. The molecule has 0 N–H and O–H groups in total. The van der Waals surface area contributed by atoms with Gasteiger partial charge in [0.05, 0.1) is 0 Å². The van der Waals surface area contributed by atoms with Crippen molar-refractivity contribution in [2.75, 3.05) is 5.75 Å². The fourth-order valence-electron chi connectivity index (χ4n) is 0.620. The number of thiocarbonyl (C=S) groups is 1. The van der Waals surface area contributed by atoms with E-state index < -0.39 is 0 Å². The lowest BCUT2D eigenvalue weighted by Gasteiger charge is -1.89. The molecule has 1 unspecified atom stereocenters. The van der Waals surface area contributed by atoms with Gasteiger partial charge in [0.15, 0.2) is 0 Å². The second kappa shape index (κ2) is 2.52. The lowest BCUT2D eigenvalue weighted by molar-refractivity contribution is 0.843. The van der Waals surface area contributed by atoms with Gasteiger partial charge < -0.3 is 0 Å². The molecule has 42 valence electrons. The highest BCUT2D eigenvalue weighted by Crippen LogP contribution is 2.25. The number of terminal acetylenes is 1. The van der Waals surface area contributed by atoms with E-state index >= 15 is 0 Å². The van der Waals surface area contributed by atoms with Crippen LogP contribution in [0.5, 0.6) is 0 Å². The SMILES string of the molecule is C#CC1CSC(=S)C1. The summed E-state index contributed by atoms with van der Waals surface area (Å²) in [7, 11) is 0. The first-order chi connectivity index (χ1) is 3.83. The zero-order valence-electron chi connectivity index (χ0n) is 4.39. The molecule has 1 rings (SSSR count). The van der Waals surface area contributed by atoms with Gasteiger partial charge in [-0.3, -0.25) is 0 Å². The third-order valence-electron chi connectivity index (χ3n) is 1.09. The van der Waals surface area contributed by atoms with E-state index in [4.69, 9.17) is 18.6 Å². The van der Waals surface area contributed by atoms with Crippen LogP contribution in [0.25, 0.3) is 0 Å². The molecule has 0 bridgehead atoms. The molecule has 1 heterocycles. The van der Waals surface area contributed by atoms with E-state index in [2.05, 4.69) is 5.92 Å². The quantitative estimate of drug-likeness (QED) is 0.373.